The second-order valence-electron chi connectivity index (χ2n) is 28.0. The lowest BCUT2D eigenvalue weighted by Gasteiger charge is -2.13. The Labute approximate surface area is 749 Å². The van der Waals surface area contributed by atoms with Gasteiger partial charge in [0.05, 0.1) is 91.2 Å². The van der Waals surface area contributed by atoms with E-state index in [9.17, 15) is 29.7 Å². The largest absolute Gasteiger partial charge is 0.550 e. The molecule has 18 heteroatoms. The molecule has 0 aliphatic carbocycles. The highest BCUT2D eigenvalue weighted by Gasteiger charge is 2.35. The molecule has 646 valence electrons. The van der Waals surface area contributed by atoms with Gasteiger partial charge >= 0.3 is 0 Å². The Balaban J connectivity index is 0.000000204. The highest BCUT2D eigenvalue weighted by Crippen LogP contribution is 2.41. The number of hydrogen-bond acceptors (Lipinski definition) is 14. The fraction of sp³-hybridized carbons (Fsp3) is 0.178. The van der Waals surface area contributed by atoms with Crippen LogP contribution >= 0.6 is 0 Å². The Morgan fingerprint density at radius 3 is 0.784 bits per heavy atom. The molecule has 14 aromatic carbocycles. The van der Waals surface area contributed by atoms with Crippen molar-refractivity contribution < 1.29 is 68.0 Å². The van der Waals surface area contributed by atoms with E-state index in [1.807, 2.05) is 55.5 Å². The van der Waals surface area contributed by atoms with Crippen LogP contribution in [-0.4, -0.2) is 72.1 Å². The standard InChI is InChI=1S/2C21H21S.2C20H19O2S.C9H10O3.C9H10O2.C5H10O3.C2H4O2/c2*1-16-14-17(2)21(18(3)15-16)22(19-10-6-4-7-11-19)20-12-8-5-9-13-20;2*1-21-19-14-13-18(15-20(19)22-2)23(16-9-5-3-6-10-16)17-11-7-4-8-12-17;1-12-8-5-3-2-4-7(8)6-9(10)11;1-7-2-4-8(5-3-7)6-9(10)11;1-3-8-4(2)5(6)7;1-2(3)4/h2*4-15H,1-3H3;2*3-15H,1-2H3;2-5H,6H2,1H3,(H,10,11);2-5H,6H2,1H3,(H,10,11);4H,3H2,1-2H3,(H,6,7);1H3,(H,3,4)/q4*+1;;;;/p-4. The minimum Gasteiger partial charge on any atom is -0.550 e. The summed E-state index contributed by atoms with van der Waals surface area (Å²) in [6.45, 7) is 19.8. The number of carboxylic acid groups (broad SMARTS) is 4. The van der Waals surface area contributed by atoms with Gasteiger partial charge in [0.15, 0.2) is 81.7 Å². The molecule has 0 fully saturated rings. The van der Waals surface area contributed by atoms with Crippen LogP contribution in [0.3, 0.4) is 0 Å². The molecule has 14 rings (SSSR count). The summed E-state index contributed by atoms with van der Waals surface area (Å²) in [5.74, 6) is -0.771. The van der Waals surface area contributed by atoms with Crippen LogP contribution in [0, 0.1) is 48.5 Å². The molecule has 14 nitrogen and oxygen atoms in total. The molecule has 0 spiro atoms. The molecule has 0 aromatic heterocycles. The molecule has 1 unspecified atom stereocenters. The molecule has 0 bridgehead atoms. The zero-order valence-electron chi connectivity index (χ0n) is 73.5. The van der Waals surface area contributed by atoms with E-state index in [0.717, 1.165) is 41.0 Å². The summed E-state index contributed by atoms with van der Waals surface area (Å²) in [6, 6.07) is 121. The SMILES string of the molecule is CC(=O)[O-].CCOC(C)C(=O)[O-].COc1ccc([S+](c2ccccc2)c2ccccc2)cc1OC.COc1ccc([S+](c2ccccc2)c2ccccc2)cc1OC.COc1ccccc1CC(=O)[O-].Cc1cc(C)c([S+](c2ccccc2)c2ccccc2)c(C)c1.Cc1cc(C)c([S+](c2ccccc2)c2ccccc2)c(C)c1.Cc1ccc(CC(=O)[O-])cc1. The number of ether oxygens (including phenoxy) is 6. The first kappa shape index (κ1) is 99.4. The van der Waals surface area contributed by atoms with Gasteiger partial charge in [0, 0.05) is 71.7 Å². The number of aryl methyl sites for hydroxylation is 7. The number of rotatable bonds is 24. The maximum absolute atomic E-state index is 10.3. The summed E-state index contributed by atoms with van der Waals surface area (Å²) >= 11 is 0. The summed E-state index contributed by atoms with van der Waals surface area (Å²) in [4.78, 5) is 55.1. The Bertz CT molecular complexity index is 5090. The number of carbonyl (C=O) groups is 4. The molecule has 0 saturated carbocycles. The van der Waals surface area contributed by atoms with Gasteiger partial charge in [0.1, 0.15) is 5.75 Å². The average molecular weight is 1750 g/mol. The van der Waals surface area contributed by atoms with Crippen molar-refractivity contribution >= 4 is 67.5 Å². The number of hydrogen-bond donors (Lipinski definition) is 0. The van der Waals surface area contributed by atoms with Crippen molar-refractivity contribution in [1.29, 1.82) is 0 Å². The first-order chi connectivity index (χ1) is 60.3. The lowest BCUT2D eigenvalue weighted by molar-refractivity contribution is -0.316. The van der Waals surface area contributed by atoms with Gasteiger partial charge < -0.3 is 68.0 Å². The summed E-state index contributed by atoms with van der Waals surface area (Å²) in [7, 11) is 7.73. The smallest absolute Gasteiger partial charge is 0.172 e. The highest BCUT2D eigenvalue weighted by molar-refractivity contribution is 7.98. The predicted octanol–water partition coefficient (Wildman–Crippen LogP) is 19.2. The minimum absolute atomic E-state index is 0.000278. The van der Waals surface area contributed by atoms with Gasteiger partial charge in [-0.1, -0.05) is 229 Å². The van der Waals surface area contributed by atoms with Gasteiger partial charge in [-0.3, -0.25) is 0 Å². The number of benzene rings is 14. The lowest BCUT2D eigenvalue weighted by atomic mass is 10.1. The van der Waals surface area contributed by atoms with Crippen molar-refractivity contribution in [3.63, 3.8) is 0 Å². The first-order valence-corrected chi connectivity index (χ1v) is 45.3. The molecule has 14 aromatic rings. The van der Waals surface area contributed by atoms with E-state index in [1.54, 1.807) is 71.8 Å². The second-order valence-corrected chi connectivity index (χ2v) is 36.0. The van der Waals surface area contributed by atoms with E-state index in [2.05, 4.69) is 313 Å². The van der Waals surface area contributed by atoms with Crippen LogP contribution in [0.4, 0.5) is 0 Å². The van der Waals surface area contributed by atoms with Gasteiger partial charge in [-0.25, -0.2) is 0 Å². The van der Waals surface area contributed by atoms with Crippen LogP contribution in [0.1, 0.15) is 70.8 Å². The topological polar surface area (TPSA) is 216 Å². The van der Waals surface area contributed by atoms with E-state index in [1.165, 1.54) is 106 Å². The molecule has 0 aliphatic heterocycles. The molecular formula is C107H110O14S4. The summed E-state index contributed by atoms with van der Waals surface area (Å²) in [5.41, 5.74) is 10.8. The fourth-order valence-corrected chi connectivity index (χ4v) is 22.0. The Morgan fingerprint density at radius 2 is 0.544 bits per heavy atom. The molecule has 0 aliphatic rings. The van der Waals surface area contributed by atoms with E-state index in [0.29, 0.717) is 17.9 Å². The Morgan fingerprint density at radius 1 is 0.288 bits per heavy atom. The van der Waals surface area contributed by atoms with Gasteiger partial charge in [-0.15, -0.1) is 0 Å². The highest BCUT2D eigenvalue weighted by atomic mass is 32.2. The van der Waals surface area contributed by atoms with E-state index in [-0.39, 0.29) is 56.4 Å². The van der Waals surface area contributed by atoms with E-state index < -0.39 is 30.0 Å². The molecular weight excluding hydrogens is 1640 g/mol. The summed E-state index contributed by atoms with van der Waals surface area (Å²) < 4.78 is 31.3. The van der Waals surface area contributed by atoms with Gasteiger partial charge in [0.2, 0.25) is 0 Å². The Hall–Kier alpha value is -12.7. The van der Waals surface area contributed by atoms with Crippen molar-refractivity contribution in [2.24, 2.45) is 0 Å². The predicted molar refractivity (Wildman–Crippen MR) is 499 cm³/mol. The van der Waals surface area contributed by atoms with Gasteiger partial charge in [0.25, 0.3) is 0 Å². The van der Waals surface area contributed by atoms with E-state index >= 15 is 0 Å². The van der Waals surface area contributed by atoms with E-state index in [4.69, 9.17) is 33.6 Å². The third kappa shape index (κ3) is 32.2. The first-order valence-electron chi connectivity index (χ1n) is 40.4. The number of para-hydroxylation sites is 1. The van der Waals surface area contributed by atoms with Crippen molar-refractivity contribution in [2.75, 3.05) is 42.2 Å². The van der Waals surface area contributed by atoms with Gasteiger partial charge in [-0.2, -0.15) is 0 Å². The van der Waals surface area contributed by atoms with Crippen LogP contribution < -0.4 is 44.1 Å². The maximum atomic E-state index is 10.3. The van der Waals surface area contributed by atoms with Crippen molar-refractivity contribution in [3.05, 3.63) is 402 Å². The van der Waals surface area contributed by atoms with Crippen molar-refractivity contribution in [3.8, 4) is 28.7 Å². The zero-order valence-corrected chi connectivity index (χ0v) is 76.8. The monoisotopic (exact) mass is 1750 g/mol. The number of aliphatic carboxylic acids is 4. The van der Waals surface area contributed by atoms with Gasteiger partial charge in [-0.05, 0) is 208 Å². The van der Waals surface area contributed by atoms with Crippen LogP contribution in [0.5, 0.6) is 28.7 Å². The summed E-state index contributed by atoms with van der Waals surface area (Å²) in [5, 5.41) is 39.2. The molecule has 125 heavy (non-hydrogen) atoms. The third-order valence-electron chi connectivity index (χ3n) is 18.4. The normalized spacial score (nSPS) is 10.5. The molecule has 0 amide bonds. The Kier molecular flexibility index (Phi) is 42.5. The molecule has 1 atom stereocenters. The van der Waals surface area contributed by atoms with Crippen LogP contribution in [0.2, 0.25) is 0 Å². The van der Waals surface area contributed by atoms with Crippen molar-refractivity contribution in [2.45, 2.75) is 147 Å². The van der Waals surface area contributed by atoms with Crippen LogP contribution in [-0.2, 0) is 80.3 Å². The minimum atomic E-state index is -1.16. The molecule has 0 radical (unpaired) electrons. The quantitative estimate of drug-likeness (QED) is 0.0515. The number of carbonyl (C=O) groups excluding carboxylic acids is 4. The fourth-order valence-electron chi connectivity index (χ4n) is 13.1. The molecule has 0 saturated heterocycles. The number of methoxy groups -OCH3 is 5. The maximum Gasteiger partial charge on any atom is 0.172 e. The zero-order chi connectivity index (χ0) is 90.6. The molecule has 0 heterocycles. The third-order valence-corrected chi connectivity index (χ3v) is 27.9. The van der Waals surface area contributed by atoms with Crippen LogP contribution in [0.25, 0.3) is 0 Å². The second kappa shape index (κ2) is 53.4. The van der Waals surface area contributed by atoms with Crippen molar-refractivity contribution in [1.82, 2.24) is 0 Å². The average Bonchev–Trinajstić information content (AvgIpc) is 0.784. The number of carboxylic acids is 4. The van der Waals surface area contributed by atoms with Crippen LogP contribution in [0.15, 0.2) is 411 Å². The molecule has 0 N–H and O–H groups in total. The summed E-state index contributed by atoms with van der Waals surface area (Å²) in [6.07, 6.45) is -0.885. The lowest BCUT2D eigenvalue weighted by Crippen LogP contribution is -2.35.